The third-order valence-electron chi connectivity index (χ3n) is 4.14. The Balaban J connectivity index is 2.16. The number of halogens is 1. The molecular weight excluding hydrogens is 357 g/mol. The van der Waals surface area contributed by atoms with Crippen molar-refractivity contribution in [3.63, 3.8) is 0 Å². The molecule has 0 unspecified atom stereocenters. The molecular formula is C23H24FNO3. The van der Waals surface area contributed by atoms with Gasteiger partial charge in [-0.05, 0) is 61.6 Å². The fourth-order valence-corrected chi connectivity index (χ4v) is 2.64. The van der Waals surface area contributed by atoms with E-state index in [0.717, 1.165) is 17.2 Å². The fourth-order valence-electron chi connectivity index (χ4n) is 2.64. The van der Waals surface area contributed by atoms with Crippen molar-refractivity contribution in [2.24, 2.45) is 0 Å². The van der Waals surface area contributed by atoms with Crippen molar-refractivity contribution in [1.82, 2.24) is 0 Å². The molecule has 1 amide bonds. The van der Waals surface area contributed by atoms with Gasteiger partial charge in [-0.25, -0.2) is 9.18 Å². The van der Waals surface area contributed by atoms with Crippen molar-refractivity contribution >= 4 is 23.6 Å². The number of carbonyl (C=O) groups excluding carboxylic acids is 1. The molecule has 4 nitrogen and oxygen atoms in total. The summed E-state index contributed by atoms with van der Waals surface area (Å²) in [5.41, 5.74) is 3.89. The zero-order valence-electron chi connectivity index (χ0n) is 16.0. The van der Waals surface area contributed by atoms with E-state index >= 15 is 0 Å². The Bertz CT molecular complexity index is 912. The highest BCUT2D eigenvalue weighted by atomic mass is 19.1. The molecule has 0 saturated heterocycles. The van der Waals surface area contributed by atoms with Crippen LogP contribution in [-0.2, 0) is 22.4 Å². The maximum absolute atomic E-state index is 13.7. The maximum atomic E-state index is 13.7. The van der Waals surface area contributed by atoms with Crippen LogP contribution in [0.1, 0.15) is 37.0 Å². The van der Waals surface area contributed by atoms with Crippen molar-refractivity contribution in [3.05, 3.63) is 82.7 Å². The molecule has 2 aromatic carbocycles. The molecule has 2 aromatic rings. The lowest BCUT2D eigenvalue weighted by Gasteiger charge is -2.12. The maximum Gasteiger partial charge on any atom is 0.328 e. The highest BCUT2D eigenvalue weighted by molar-refractivity contribution is 5.92. The van der Waals surface area contributed by atoms with Crippen molar-refractivity contribution in [1.29, 1.82) is 0 Å². The second-order valence-corrected chi connectivity index (χ2v) is 6.71. The summed E-state index contributed by atoms with van der Waals surface area (Å²) in [6, 6.07) is 11.8. The smallest absolute Gasteiger partial charge is 0.328 e. The van der Waals surface area contributed by atoms with Gasteiger partial charge in [0.25, 0.3) is 0 Å². The number of allylic oxidation sites excluding steroid dienone is 2. The summed E-state index contributed by atoms with van der Waals surface area (Å²) in [5.74, 6) is -1.58. The topological polar surface area (TPSA) is 66.4 Å². The summed E-state index contributed by atoms with van der Waals surface area (Å²) in [7, 11) is 0. The Hall–Kier alpha value is -3.21. The molecule has 0 heterocycles. The number of rotatable bonds is 8. The zero-order valence-corrected chi connectivity index (χ0v) is 16.0. The lowest BCUT2D eigenvalue weighted by Crippen LogP contribution is -2.14. The molecule has 28 heavy (non-hydrogen) atoms. The van der Waals surface area contributed by atoms with Gasteiger partial charge in [0.1, 0.15) is 5.82 Å². The van der Waals surface area contributed by atoms with Gasteiger partial charge < -0.3 is 10.4 Å². The molecule has 0 atom stereocenters. The molecule has 0 saturated carbocycles. The average Bonchev–Trinajstić information content (AvgIpc) is 2.64. The number of carboxylic acids is 1. The number of anilines is 1. The first-order valence-corrected chi connectivity index (χ1v) is 9.05. The van der Waals surface area contributed by atoms with E-state index < -0.39 is 5.97 Å². The number of nitrogens with one attached hydrogen (secondary N) is 1. The molecule has 2 rings (SSSR count). The van der Waals surface area contributed by atoms with Crippen molar-refractivity contribution in [2.45, 2.75) is 33.1 Å². The highest BCUT2D eigenvalue weighted by Gasteiger charge is 2.09. The van der Waals surface area contributed by atoms with Crippen LogP contribution in [-0.4, -0.2) is 17.0 Å². The summed E-state index contributed by atoms with van der Waals surface area (Å²) in [6.07, 6.45) is 5.68. The quantitative estimate of drug-likeness (QED) is 0.499. The lowest BCUT2D eigenvalue weighted by molar-refractivity contribution is -0.131. The predicted octanol–water partition coefficient (Wildman–Crippen LogP) is 5.00. The summed E-state index contributed by atoms with van der Waals surface area (Å²) in [6.45, 7) is 3.99. The molecule has 0 spiro atoms. The van der Waals surface area contributed by atoms with E-state index in [-0.39, 0.29) is 18.1 Å². The molecule has 0 aliphatic rings. The Morgan fingerprint density at radius 1 is 1.11 bits per heavy atom. The first kappa shape index (κ1) is 21.1. The lowest BCUT2D eigenvalue weighted by atomic mass is 10.0. The number of aryl methyl sites for hydroxylation is 1. The first-order valence-electron chi connectivity index (χ1n) is 9.05. The van der Waals surface area contributed by atoms with Crippen molar-refractivity contribution < 1.29 is 19.1 Å². The minimum absolute atomic E-state index is 0.151. The summed E-state index contributed by atoms with van der Waals surface area (Å²) in [4.78, 5) is 23.1. The van der Waals surface area contributed by atoms with Crippen molar-refractivity contribution in [2.75, 3.05) is 5.32 Å². The van der Waals surface area contributed by atoms with Gasteiger partial charge in [-0.1, -0.05) is 42.0 Å². The molecule has 146 valence electrons. The monoisotopic (exact) mass is 381 g/mol. The number of carbonyl (C=O) groups is 2. The van der Waals surface area contributed by atoms with E-state index in [1.807, 2.05) is 26.0 Å². The molecule has 2 N–H and O–H groups in total. The molecule has 0 aromatic heterocycles. The van der Waals surface area contributed by atoms with E-state index in [1.165, 1.54) is 12.1 Å². The Kier molecular flexibility index (Phi) is 7.69. The third kappa shape index (κ3) is 6.83. The van der Waals surface area contributed by atoms with Crippen LogP contribution in [0.15, 0.2) is 60.2 Å². The largest absolute Gasteiger partial charge is 0.478 e. The van der Waals surface area contributed by atoms with E-state index in [9.17, 15) is 14.0 Å². The van der Waals surface area contributed by atoms with Gasteiger partial charge in [0, 0.05) is 18.2 Å². The van der Waals surface area contributed by atoms with Crippen LogP contribution in [0.4, 0.5) is 10.1 Å². The van der Waals surface area contributed by atoms with Gasteiger partial charge in [0.15, 0.2) is 0 Å². The zero-order chi connectivity index (χ0) is 20.5. The predicted molar refractivity (Wildman–Crippen MR) is 110 cm³/mol. The highest BCUT2D eigenvalue weighted by Crippen LogP contribution is 2.21. The van der Waals surface area contributed by atoms with Crippen LogP contribution < -0.4 is 5.32 Å². The summed E-state index contributed by atoms with van der Waals surface area (Å²) in [5, 5.41) is 11.7. The van der Waals surface area contributed by atoms with E-state index in [4.69, 9.17) is 5.11 Å². The van der Waals surface area contributed by atoms with Crippen LogP contribution >= 0.6 is 0 Å². The molecule has 0 aliphatic heterocycles. The summed E-state index contributed by atoms with van der Waals surface area (Å²) >= 11 is 0. The number of benzene rings is 2. The van der Waals surface area contributed by atoms with E-state index in [2.05, 4.69) is 11.4 Å². The molecule has 0 aliphatic carbocycles. The van der Waals surface area contributed by atoms with Gasteiger partial charge in [0.2, 0.25) is 5.91 Å². The van der Waals surface area contributed by atoms with E-state index in [1.54, 1.807) is 24.3 Å². The van der Waals surface area contributed by atoms with Gasteiger partial charge in [0.05, 0.1) is 0 Å². The first-order chi connectivity index (χ1) is 13.3. The molecule has 0 fully saturated rings. The third-order valence-corrected chi connectivity index (χ3v) is 4.14. The van der Waals surface area contributed by atoms with Crippen LogP contribution in [0.5, 0.6) is 0 Å². The number of aliphatic carboxylic acids is 1. The SMILES string of the molecule is CC(C)=CCc1ccc(/C=C/C(=O)O)cc1NC(=O)CCc1ccccc1F. The number of amides is 1. The average molecular weight is 381 g/mol. The molecule has 0 radical (unpaired) electrons. The Morgan fingerprint density at radius 3 is 2.54 bits per heavy atom. The van der Waals surface area contributed by atoms with Crippen LogP contribution in [0.25, 0.3) is 6.08 Å². The van der Waals surface area contributed by atoms with Crippen LogP contribution in [0.3, 0.4) is 0 Å². The number of hydrogen-bond donors (Lipinski definition) is 2. The van der Waals surface area contributed by atoms with Gasteiger partial charge in [-0.3, -0.25) is 4.79 Å². The molecule has 5 heteroatoms. The van der Waals surface area contributed by atoms with Crippen LogP contribution in [0.2, 0.25) is 0 Å². The normalized spacial score (nSPS) is 10.7. The minimum atomic E-state index is -1.04. The Labute approximate surface area is 164 Å². The number of hydrogen-bond acceptors (Lipinski definition) is 2. The van der Waals surface area contributed by atoms with Crippen LogP contribution in [0, 0.1) is 5.82 Å². The standard InChI is InChI=1S/C23H24FNO3/c1-16(2)7-10-19-11-8-17(9-14-23(27)28)15-21(19)25-22(26)13-12-18-5-3-4-6-20(18)24/h3-9,11,14-15H,10,12-13H2,1-2H3,(H,25,26)(H,27,28)/b14-9+. The second-order valence-electron chi connectivity index (χ2n) is 6.71. The minimum Gasteiger partial charge on any atom is -0.478 e. The number of carboxylic acid groups (broad SMARTS) is 1. The van der Waals surface area contributed by atoms with Gasteiger partial charge >= 0.3 is 5.97 Å². The molecule has 0 bridgehead atoms. The van der Waals surface area contributed by atoms with Crippen molar-refractivity contribution in [3.8, 4) is 0 Å². The Morgan fingerprint density at radius 2 is 1.86 bits per heavy atom. The van der Waals surface area contributed by atoms with E-state index in [0.29, 0.717) is 29.7 Å². The van der Waals surface area contributed by atoms with Gasteiger partial charge in [-0.15, -0.1) is 0 Å². The fraction of sp³-hybridized carbons (Fsp3) is 0.217. The second kappa shape index (κ2) is 10.2. The van der Waals surface area contributed by atoms with Gasteiger partial charge in [-0.2, -0.15) is 0 Å². The summed E-state index contributed by atoms with van der Waals surface area (Å²) < 4.78 is 13.7.